The number of hydrogen-bond acceptors (Lipinski definition) is 1. The summed E-state index contributed by atoms with van der Waals surface area (Å²) in [5.74, 6) is -3.59. The van der Waals surface area contributed by atoms with E-state index in [2.05, 4.69) is 0 Å². The Morgan fingerprint density at radius 2 is 1.76 bits per heavy atom. The number of halogens is 3. The Bertz CT molecular complexity index is 415. The highest BCUT2D eigenvalue weighted by Crippen LogP contribution is 2.28. The Hall–Kier alpha value is -1.32. The van der Waals surface area contributed by atoms with Gasteiger partial charge in [-0.2, -0.15) is 0 Å². The highest BCUT2D eigenvalue weighted by atomic mass is 19.2. The van der Waals surface area contributed by atoms with E-state index in [0.29, 0.717) is 5.56 Å². The summed E-state index contributed by atoms with van der Waals surface area (Å²) in [7, 11) is 0. The molecule has 0 unspecified atom stereocenters. The fraction of sp³-hybridized carbons (Fsp3) is 0.462. The van der Waals surface area contributed by atoms with Crippen LogP contribution in [0, 0.1) is 23.4 Å². The minimum atomic E-state index is -1.46. The Kier molecular flexibility index (Phi) is 3.50. The molecule has 4 heteroatoms. The minimum Gasteiger partial charge on any atom is -0.299 e. The van der Waals surface area contributed by atoms with E-state index in [1.54, 1.807) is 0 Å². The third kappa shape index (κ3) is 2.68. The van der Waals surface area contributed by atoms with Gasteiger partial charge in [-0.1, -0.05) is 6.42 Å². The topological polar surface area (TPSA) is 17.1 Å². The molecule has 1 aliphatic rings. The molecule has 0 aliphatic heterocycles. The summed E-state index contributed by atoms with van der Waals surface area (Å²) in [5, 5.41) is 0. The Morgan fingerprint density at radius 3 is 2.24 bits per heavy atom. The zero-order valence-corrected chi connectivity index (χ0v) is 9.31. The molecule has 92 valence electrons. The van der Waals surface area contributed by atoms with Crippen molar-refractivity contribution in [1.29, 1.82) is 0 Å². The van der Waals surface area contributed by atoms with Crippen LogP contribution in [-0.2, 0) is 11.2 Å². The van der Waals surface area contributed by atoms with Crippen LogP contribution in [0.3, 0.4) is 0 Å². The maximum absolute atomic E-state index is 12.9. The van der Waals surface area contributed by atoms with Gasteiger partial charge in [0.15, 0.2) is 17.5 Å². The van der Waals surface area contributed by atoms with Gasteiger partial charge in [-0.3, -0.25) is 4.79 Å². The molecule has 1 aliphatic carbocycles. The number of carbonyl (C=O) groups is 1. The van der Waals surface area contributed by atoms with E-state index in [1.807, 2.05) is 0 Å². The van der Waals surface area contributed by atoms with Crippen molar-refractivity contribution < 1.29 is 18.0 Å². The van der Waals surface area contributed by atoms with Crippen LogP contribution in [0.2, 0.25) is 0 Å². The minimum absolute atomic E-state index is 0.130. The lowest BCUT2D eigenvalue weighted by Gasteiger charge is -2.23. The van der Waals surface area contributed by atoms with Crippen LogP contribution in [0.5, 0.6) is 0 Å². The highest BCUT2D eigenvalue weighted by molar-refractivity contribution is 5.81. The van der Waals surface area contributed by atoms with Gasteiger partial charge >= 0.3 is 0 Å². The normalized spacial score (nSPS) is 15.7. The molecule has 17 heavy (non-hydrogen) atoms. The first kappa shape index (κ1) is 12.1. The van der Waals surface area contributed by atoms with E-state index in [1.165, 1.54) is 0 Å². The monoisotopic (exact) mass is 242 g/mol. The third-order valence-corrected chi connectivity index (χ3v) is 3.26. The third-order valence-electron chi connectivity index (χ3n) is 3.26. The number of carbonyl (C=O) groups excluding carboxylic acids is 1. The average molecular weight is 242 g/mol. The van der Waals surface area contributed by atoms with E-state index < -0.39 is 17.5 Å². The molecule has 1 nitrogen and oxygen atoms in total. The largest absolute Gasteiger partial charge is 0.299 e. The van der Waals surface area contributed by atoms with Gasteiger partial charge in [0.05, 0.1) is 0 Å². The van der Waals surface area contributed by atoms with E-state index >= 15 is 0 Å². The zero-order valence-electron chi connectivity index (χ0n) is 9.31. The van der Waals surface area contributed by atoms with Crippen molar-refractivity contribution in [1.82, 2.24) is 0 Å². The van der Waals surface area contributed by atoms with Crippen molar-refractivity contribution in [2.75, 3.05) is 0 Å². The van der Waals surface area contributed by atoms with Gasteiger partial charge in [0.2, 0.25) is 0 Å². The van der Waals surface area contributed by atoms with Crippen LogP contribution in [0.1, 0.15) is 31.2 Å². The molecule has 0 spiro atoms. The van der Waals surface area contributed by atoms with Crippen molar-refractivity contribution in [3.63, 3.8) is 0 Å². The molecule has 0 aromatic heterocycles. The lowest BCUT2D eigenvalue weighted by atomic mass is 9.80. The molecule has 0 bridgehead atoms. The molecule has 0 saturated heterocycles. The highest BCUT2D eigenvalue weighted by Gasteiger charge is 2.24. The van der Waals surface area contributed by atoms with Crippen LogP contribution in [-0.4, -0.2) is 5.78 Å². The summed E-state index contributed by atoms with van der Waals surface area (Å²) in [5.41, 5.74) is 0.328. The fourth-order valence-electron chi connectivity index (χ4n) is 1.95. The Labute approximate surface area is 97.6 Å². The van der Waals surface area contributed by atoms with Crippen molar-refractivity contribution in [2.45, 2.75) is 32.1 Å². The number of rotatable bonds is 4. The van der Waals surface area contributed by atoms with Crippen molar-refractivity contribution in [3.05, 3.63) is 35.1 Å². The van der Waals surface area contributed by atoms with Crippen LogP contribution >= 0.6 is 0 Å². The average Bonchev–Trinajstić information content (AvgIpc) is 2.20. The first-order valence-electron chi connectivity index (χ1n) is 5.74. The number of benzene rings is 1. The smallest absolute Gasteiger partial charge is 0.194 e. The molecule has 0 atom stereocenters. The Balaban J connectivity index is 1.96. The van der Waals surface area contributed by atoms with Crippen LogP contribution in [0.4, 0.5) is 13.2 Å². The van der Waals surface area contributed by atoms with Gasteiger partial charge in [0.25, 0.3) is 0 Å². The van der Waals surface area contributed by atoms with Gasteiger partial charge < -0.3 is 0 Å². The van der Waals surface area contributed by atoms with Crippen LogP contribution < -0.4 is 0 Å². The first-order chi connectivity index (χ1) is 8.08. The fourth-order valence-corrected chi connectivity index (χ4v) is 1.95. The van der Waals surface area contributed by atoms with E-state index in [-0.39, 0.29) is 24.5 Å². The van der Waals surface area contributed by atoms with Gasteiger partial charge in [-0.15, -0.1) is 0 Å². The number of hydrogen-bond donors (Lipinski definition) is 0. The zero-order chi connectivity index (χ0) is 12.4. The summed E-state index contributed by atoms with van der Waals surface area (Å²) in [6.45, 7) is 0. The van der Waals surface area contributed by atoms with Crippen LogP contribution in [0.15, 0.2) is 12.1 Å². The second-order valence-corrected chi connectivity index (χ2v) is 4.47. The maximum Gasteiger partial charge on any atom is 0.194 e. The van der Waals surface area contributed by atoms with Crippen LogP contribution in [0.25, 0.3) is 0 Å². The second kappa shape index (κ2) is 4.90. The molecule has 0 heterocycles. The molecular weight excluding hydrogens is 229 g/mol. The summed E-state index contributed by atoms with van der Waals surface area (Å²) < 4.78 is 38.5. The predicted octanol–water partition coefficient (Wildman–Crippen LogP) is 3.41. The quantitative estimate of drug-likeness (QED) is 0.739. The van der Waals surface area contributed by atoms with E-state index in [4.69, 9.17) is 0 Å². The van der Waals surface area contributed by atoms with Crippen molar-refractivity contribution in [3.8, 4) is 0 Å². The summed E-state index contributed by atoms with van der Waals surface area (Å²) in [6.07, 6.45) is 3.46. The van der Waals surface area contributed by atoms with Gasteiger partial charge in [-0.05, 0) is 37.0 Å². The molecule has 2 rings (SSSR count). The van der Waals surface area contributed by atoms with Crippen molar-refractivity contribution in [2.24, 2.45) is 5.92 Å². The number of ketones is 1. The summed E-state index contributed by atoms with van der Waals surface area (Å²) in [4.78, 5) is 11.6. The number of Topliss-reactive ketones (excluding diaryl/α,β-unsaturated/α-hetero) is 1. The molecule has 1 aromatic rings. The van der Waals surface area contributed by atoms with E-state index in [9.17, 15) is 18.0 Å². The van der Waals surface area contributed by atoms with Crippen molar-refractivity contribution >= 4 is 5.78 Å². The molecule has 0 N–H and O–H groups in total. The first-order valence-corrected chi connectivity index (χ1v) is 5.74. The molecule has 1 aromatic carbocycles. The maximum atomic E-state index is 12.9. The second-order valence-electron chi connectivity index (χ2n) is 4.47. The lowest BCUT2D eigenvalue weighted by Crippen LogP contribution is -2.22. The van der Waals surface area contributed by atoms with Gasteiger partial charge in [-0.25, -0.2) is 13.2 Å². The Morgan fingerprint density at radius 1 is 1.18 bits per heavy atom. The molecule has 1 saturated carbocycles. The lowest BCUT2D eigenvalue weighted by molar-refractivity contribution is -0.125. The standard InChI is InChI=1S/C13H13F3O/c14-10-6-8(7-11(15)13(10)16)4-5-12(17)9-2-1-3-9/h6-7,9H,1-5H2. The summed E-state index contributed by atoms with van der Waals surface area (Å²) >= 11 is 0. The van der Waals surface area contributed by atoms with E-state index in [0.717, 1.165) is 31.4 Å². The predicted molar refractivity (Wildman–Crippen MR) is 57.0 cm³/mol. The molecule has 0 radical (unpaired) electrons. The van der Waals surface area contributed by atoms with Gasteiger partial charge in [0.1, 0.15) is 5.78 Å². The number of aryl methyl sites for hydroxylation is 1. The molecular formula is C13H13F3O. The molecule has 0 amide bonds. The van der Waals surface area contributed by atoms with Gasteiger partial charge in [0, 0.05) is 12.3 Å². The molecule has 1 fully saturated rings. The summed E-state index contributed by atoms with van der Waals surface area (Å²) in [6, 6.07) is 1.90. The SMILES string of the molecule is O=C(CCc1cc(F)c(F)c(F)c1)C1CCC1.